The number of rotatable bonds is 4. The van der Waals surface area contributed by atoms with Crippen molar-refractivity contribution in [1.82, 2.24) is 9.80 Å². The predicted molar refractivity (Wildman–Crippen MR) is 55.7 cm³/mol. The Morgan fingerprint density at radius 2 is 1.94 bits per heavy atom. The number of amides is 2. The minimum absolute atomic E-state index is 0.295. The summed E-state index contributed by atoms with van der Waals surface area (Å²) in [5.41, 5.74) is 0. The number of hydrogen-bond donors (Lipinski definition) is 1. The maximum Gasteiger partial charge on any atom is 0.326 e. The lowest BCUT2D eigenvalue weighted by Crippen LogP contribution is -2.58. The van der Waals surface area contributed by atoms with Crippen LogP contribution in [0.1, 0.15) is 20.3 Å². The van der Waals surface area contributed by atoms with Crippen molar-refractivity contribution in [3.05, 3.63) is 0 Å². The number of carbonyl (C=O) groups is 3. The van der Waals surface area contributed by atoms with E-state index in [1.54, 1.807) is 13.8 Å². The monoisotopic (exact) mass is 228 g/mol. The Labute approximate surface area is 93.8 Å². The first-order chi connectivity index (χ1) is 7.52. The number of piperazine rings is 1. The van der Waals surface area contributed by atoms with Crippen LogP contribution in [0.15, 0.2) is 0 Å². The summed E-state index contributed by atoms with van der Waals surface area (Å²) in [6.45, 7) is 4.65. The zero-order chi connectivity index (χ0) is 12.3. The van der Waals surface area contributed by atoms with Gasteiger partial charge in [-0.05, 0) is 13.3 Å². The van der Waals surface area contributed by atoms with Gasteiger partial charge in [-0.15, -0.1) is 0 Å². The van der Waals surface area contributed by atoms with Gasteiger partial charge in [0.05, 0.1) is 0 Å². The third kappa shape index (κ3) is 2.15. The number of carboxylic acids is 1. The van der Waals surface area contributed by atoms with Crippen molar-refractivity contribution in [3.8, 4) is 0 Å². The zero-order valence-electron chi connectivity index (χ0n) is 9.47. The van der Waals surface area contributed by atoms with Crippen LogP contribution in [0.3, 0.4) is 0 Å². The molecule has 1 aliphatic heterocycles. The Kier molecular flexibility index (Phi) is 3.87. The maximum absolute atomic E-state index is 11.7. The molecule has 1 saturated heterocycles. The molecule has 1 fully saturated rings. The molecule has 0 aliphatic carbocycles. The lowest BCUT2D eigenvalue weighted by atomic mass is 10.1. The molecule has 0 saturated carbocycles. The van der Waals surface area contributed by atoms with Crippen molar-refractivity contribution in [2.24, 2.45) is 0 Å². The number of hydrogen-bond acceptors (Lipinski definition) is 3. The molecule has 1 unspecified atom stereocenters. The normalized spacial score (nSPS) is 18.9. The molecule has 16 heavy (non-hydrogen) atoms. The van der Waals surface area contributed by atoms with Gasteiger partial charge in [0.1, 0.15) is 6.04 Å². The molecular formula is C10H16N2O4. The first-order valence-electron chi connectivity index (χ1n) is 5.35. The minimum atomic E-state index is -1.06. The average molecular weight is 228 g/mol. The van der Waals surface area contributed by atoms with Crippen molar-refractivity contribution in [1.29, 1.82) is 0 Å². The van der Waals surface area contributed by atoms with Crippen LogP contribution in [0.5, 0.6) is 0 Å². The number of likely N-dealkylation sites (N-methyl/N-ethyl adjacent to an activating group) is 1. The molecule has 0 aromatic carbocycles. The number of carbonyl (C=O) groups excluding carboxylic acids is 2. The van der Waals surface area contributed by atoms with E-state index in [-0.39, 0.29) is 0 Å². The highest BCUT2D eigenvalue weighted by Gasteiger charge is 2.37. The molecule has 6 nitrogen and oxygen atoms in total. The molecule has 0 aromatic rings. The van der Waals surface area contributed by atoms with Crippen LogP contribution in [-0.2, 0) is 14.4 Å². The van der Waals surface area contributed by atoms with Gasteiger partial charge in [0, 0.05) is 19.6 Å². The maximum atomic E-state index is 11.7. The molecule has 1 atom stereocenters. The summed E-state index contributed by atoms with van der Waals surface area (Å²) in [6.07, 6.45) is 0.306. The van der Waals surface area contributed by atoms with Gasteiger partial charge in [-0.1, -0.05) is 6.92 Å². The van der Waals surface area contributed by atoms with Crippen LogP contribution in [-0.4, -0.2) is 58.4 Å². The fourth-order valence-corrected chi connectivity index (χ4v) is 1.82. The Balaban J connectivity index is 2.82. The lowest BCUT2D eigenvalue weighted by molar-refractivity contribution is -0.162. The van der Waals surface area contributed by atoms with E-state index in [2.05, 4.69) is 0 Å². The predicted octanol–water partition coefficient (Wildman–Crippen LogP) is -0.460. The fraction of sp³-hybridized carbons (Fsp3) is 0.700. The summed E-state index contributed by atoms with van der Waals surface area (Å²) >= 11 is 0. The van der Waals surface area contributed by atoms with Gasteiger partial charge in [0.25, 0.3) is 0 Å². The summed E-state index contributed by atoms with van der Waals surface area (Å²) in [4.78, 5) is 36.7. The summed E-state index contributed by atoms with van der Waals surface area (Å²) < 4.78 is 0. The summed E-state index contributed by atoms with van der Waals surface area (Å²) in [7, 11) is 0. The second kappa shape index (κ2) is 4.96. The van der Waals surface area contributed by atoms with Gasteiger partial charge in [-0.25, -0.2) is 4.79 Å². The number of carboxylic acid groups (broad SMARTS) is 1. The van der Waals surface area contributed by atoms with Crippen LogP contribution in [0.2, 0.25) is 0 Å². The third-order valence-corrected chi connectivity index (χ3v) is 2.77. The van der Waals surface area contributed by atoms with Crippen molar-refractivity contribution in [2.75, 3.05) is 19.6 Å². The van der Waals surface area contributed by atoms with Gasteiger partial charge in [0.2, 0.25) is 0 Å². The van der Waals surface area contributed by atoms with Crippen molar-refractivity contribution in [3.63, 3.8) is 0 Å². The van der Waals surface area contributed by atoms with E-state index < -0.39 is 23.8 Å². The quantitative estimate of drug-likeness (QED) is 0.660. The second-order valence-electron chi connectivity index (χ2n) is 3.65. The van der Waals surface area contributed by atoms with E-state index in [0.717, 1.165) is 4.90 Å². The van der Waals surface area contributed by atoms with E-state index in [9.17, 15) is 14.4 Å². The molecule has 1 aliphatic rings. The third-order valence-electron chi connectivity index (χ3n) is 2.77. The minimum Gasteiger partial charge on any atom is -0.480 e. The van der Waals surface area contributed by atoms with Gasteiger partial charge >= 0.3 is 17.8 Å². The van der Waals surface area contributed by atoms with E-state index >= 15 is 0 Å². The molecule has 0 radical (unpaired) electrons. The van der Waals surface area contributed by atoms with E-state index in [1.807, 2.05) is 0 Å². The summed E-state index contributed by atoms with van der Waals surface area (Å²) in [5, 5.41) is 8.93. The first-order valence-corrected chi connectivity index (χ1v) is 5.35. The largest absolute Gasteiger partial charge is 0.480 e. The molecule has 90 valence electrons. The smallest absolute Gasteiger partial charge is 0.326 e. The highest BCUT2D eigenvalue weighted by Crippen LogP contribution is 2.11. The Bertz CT molecular complexity index is 316. The highest BCUT2D eigenvalue weighted by atomic mass is 16.4. The Hall–Kier alpha value is -1.59. The van der Waals surface area contributed by atoms with Crippen molar-refractivity contribution in [2.45, 2.75) is 26.3 Å². The van der Waals surface area contributed by atoms with E-state index in [0.29, 0.717) is 26.1 Å². The van der Waals surface area contributed by atoms with Crippen LogP contribution >= 0.6 is 0 Å². The fourth-order valence-electron chi connectivity index (χ4n) is 1.82. The topological polar surface area (TPSA) is 77.9 Å². The standard InChI is InChI=1S/C10H16N2O4/c1-3-7(10(15)16)12-6-5-11(4-2)8(13)9(12)14/h7H,3-6H2,1-2H3,(H,15,16). The molecule has 6 heteroatoms. The first kappa shape index (κ1) is 12.5. The average Bonchev–Trinajstić information content (AvgIpc) is 2.25. The van der Waals surface area contributed by atoms with Crippen LogP contribution in [0, 0.1) is 0 Å². The zero-order valence-corrected chi connectivity index (χ0v) is 9.47. The molecule has 1 rings (SSSR count). The molecule has 2 amide bonds. The second-order valence-corrected chi connectivity index (χ2v) is 3.65. The van der Waals surface area contributed by atoms with Gasteiger partial charge in [-0.3, -0.25) is 9.59 Å². The van der Waals surface area contributed by atoms with Gasteiger partial charge in [0.15, 0.2) is 0 Å². The molecule has 1 N–H and O–H groups in total. The number of nitrogens with zero attached hydrogens (tertiary/aromatic N) is 2. The van der Waals surface area contributed by atoms with Crippen molar-refractivity contribution >= 4 is 17.8 Å². The van der Waals surface area contributed by atoms with Crippen LogP contribution < -0.4 is 0 Å². The van der Waals surface area contributed by atoms with Gasteiger partial charge < -0.3 is 14.9 Å². The highest BCUT2D eigenvalue weighted by molar-refractivity contribution is 6.35. The molecule has 0 spiro atoms. The molecule has 0 aromatic heterocycles. The Morgan fingerprint density at radius 1 is 1.31 bits per heavy atom. The van der Waals surface area contributed by atoms with E-state index in [1.165, 1.54) is 4.90 Å². The van der Waals surface area contributed by atoms with Crippen LogP contribution in [0.25, 0.3) is 0 Å². The van der Waals surface area contributed by atoms with E-state index in [4.69, 9.17) is 5.11 Å². The summed E-state index contributed by atoms with van der Waals surface area (Å²) in [5.74, 6) is -2.37. The number of aliphatic carboxylic acids is 1. The molecular weight excluding hydrogens is 212 g/mol. The molecule has 0 bridgehead atoms. The lowest BCUT2D eigenvalue weighted by Gasteiger charge is -2.35. The molecule has 1 heterocycles. The van der Waals surface area contributed by atoms with Crippen molar-refractivity contribution < 1.29 is 19.5 Å². The van der Waals surface area contributed by atoms with Crippen LogP contribution in [0.4, 0.5) is 0 Å². The van der Waals surface area contributed by atoms with Gasteiger partial charge in [-0.2, -0.15) is 0 Å². The Morgan fingerprint density at radius 3 is 2.38 bits per heavy atom. The SMILES string of the molecule is CCC(C(=O)O)N1CCN(CC)C(=O)C1=O. The summed E-state index contributed by atoms with van der Waals surface area (Å²) in [6, 6.07) is -0.893.